The molecule has 1 aliphatic rings. The third-order valence-electron chi connectivity index (χ3n) is 5.27. The number of sulfonamides is 1. The first-order valence-corrected chi connectivity index (χ1v) is 11.0. The van der Waals surface area contributed by atoms with Gasteiger partial charge in [0.1, 0.15) is 11.9 Å². The number of rotatable bonds is 4. The highest BCUT2D eigenvalue weighted by Gasteiger charge is 2.39. The van der Waals surface area contributed by atoms with Crippen molar-refractivity contribution in [2.75, 3.05) is 5.32 Å². The van der Waals surface area contributed by atoms with Crippen molar-refractivity contribution < 1.29 is 17.6 Å². The second-order valence-electron chi connectivity index (χ2n) is 7.32. The van der Waals surface area contributed by atoms with Gasteiger partial charge in [0.15, 0.2) is 0 Å². The lowest BCUT2D eigenvalue weighted by molar-refractivity contribution is -0.120. The zero-order chi connectivity index (χ0) is 21.3. The predicted molar refractivity (Wildman–Crippen MR) is 113 cm³/mol. The Balaban J connectivity index is 1.73. The van der Waals surface area contributed by atoms with Gasteiger partial charge in [-0.3, -0.25) is 4.79 Å². The van der Waals surface area contributed by atoms with Gasteiger partial charge in [0.05, 0.1) is 10.6 Å². The normalized spacial score (nSPS) is 16.7. The third-order valence-corrected chi connectivity index (χ3v) is 7.14. The molecular formula is C23H21FN2O3S. The monoisotopic (exact) mass is 424 g/mol. The number of nitrogens with zero attached hydrogens (tertiary/aromatic N) is 1. The first-order valence-electron chi connectivity index (χ1n) is 9.57. The Morgan fingerprint density at radius 1 is 0.967 bits per heavy atom. The van der Waals surface area contributed by atoms with Gasteiger partial charge in [-0.2, -0.15) is 4.31 Å². The fourth-order valence-electron chi connectivity index (χ4n) is 3.60. The topological polar surface area (TPSA) is 66.5 Å². The number of halogens is 1. The lowest BCUT2D eigenvalue weighted by Gasteiger charge is -2.35. The molecule has 0 aromatic heterocycles. The Labute approximate surface area is 175 Å². The van der Waals surface area contributed by atoms with E-state index in [1.807, 2.05) is 31.2 Å². The van der Waals surface area contributed by atoms with E-state index in [9.17, 15) is 17.6 Å². The molecule has 7 heteroatoms. The van der Waals surface area contributed by atoms with Gasteiger partial charge in [0.25, 0.3) is 0 Å². The number of aryl methyl sites for hydroxylation is 1. The van der Waals surface area contributed by atoms with E-state index in [-0.39, 0.29) is 23.5 Å². The summed E-state index contributed by atoms with van der Waals surface area (Å²) in [6, 6.07) is 18.8. The predicted octanol–water partition coefficient (Wildman–Crippen LogP) is 3.89. The Kier molecular flexibility index (Phi) is 5.40. The zero-order valence-electron chi connectivity index (χ0n) is 16.4. The molecule has 0 radical (unpaired) electrons. The average Bonchev–Trinajstić information content (AvgIpc) is 2.74. The van der Waals surface area contributed by atoms with Crippen LogP contribution < -0.4 is 5.32 Å². The molecule has 1 heterocycles. The molecule has 30 heavy (non-hydrogen) atoms. The minimum absolute atomic E-state index is 0.0223. The lowest BCUT2D eigenvalue weighted by atomic mass is 9.95. The SMILES string of the molecule is Cc1ccc(S(=O)(=O)N2Cc3ccccc3C[C@@H]2C(=O)Nc2ccccc2F)cc1. The molecule has 154 valence electrons. The molecule has 1 amide bonds. The highest BCUT2D eigenvalue weighted by atomic mass is 32.2. The molecule has 0 spiro atoms. The largest absolute Gasteiger partial charge is 0.322 e. The van der Waals surface area contributed by atoms with E-state index >= 15 is 0 Å². The fourth-order valence-corrected chi connectivity index (χ4v) is 5.16. The van der Waals surface area contributed by atoms with Crippen LogP contribution in [0.3, 0.4) is 0 Å². The maximum atomic E-state index is 14.0. The van der Waals surface area contributed by atoms with Crippen LogP contribution in [0.4, 0.5) is 10.1 Å². The molecule has 0 bridgehead atoms. The first-order chi connectivity index (χ1) is 14.4. The molecule has 1 aliphatic heterocycles. The summed E-state index contributed by atoms with van der Waals surface area (Å²) in [5.41, 5.74) is 2.71. The molecule has 5 nitrogen and oxygen atoms in total. The van der Waals surface area contributed by atoms with Gasteiger partial charge in [0, 0.05) is 6.54 Å². The minimum atomic E-state index is -3.94. The van der Waals surface area contributed by atoms with E-state index in [1.54, 1.807) is 18.2 Å². The second-order valence-corrected chi connectivity index (χ2v) is 9.21. The van der Waals surface area contributed by atoms with Gasteiger partial charge in [-0.25, -0.2) is 12.8 Å². The van der Waals surface area contributed by atoms with Crippen molar-refractivity contribution in [3.8, 4) is 0 Å². The smallest absolute Gasteiger partial charge is 0.244 e. The molecule has 1 atom stereocenters. The van der Waals surface area contributed by atoms with Crippen molar-refractivity contribution in [1.82, 2.24) is 4.31 Å². The Hall–Kier alpha value is -3.03. The Morgan fingerprint density at radius 3 is 2.30 bits per heavy atom. The summed E-state index contributed by atoms with van der Waals surface area (Å²) in [7, 11) is -3.94. The summed E-state index contributed by atoms with van der Waals surface area (Å²) in [5, 5.41) is 2.55. The van der Waals surface area contributed by atoms with Crippen molar-refractivity contribution in [3.05, 3.63) is 95.3 Å². The molecule has 1 N–H and O–H groups in total. The number of fused-ring (bicyclic) bond motifs is 1. The van der Waals surface area contributed by atoms with Crippen molar-refractivity contribution in [2.45, 2.75) is 30.8 Å². The summed E-state index contributed by atoms with van der Waals surface area (Å²) in [6.07, 6.45) is 0.210. The van der Waals surface area contributed by atoms with Crippen molar-refractivity contribution in [3.63, 3.8) is 0 Å². The molecular weight excluding hydrogens is 403 g/mol. The molecule has 3 aromatic carbocycles. The molecule has 0 aliphatic carbocycles. The molecule has 0 unspecified atom stereocenters. The fraction of sp³-hybridized carbons (Fsp3) is 0.174. The number of hydrogen-bond acceptors (Lipinski definition) is 3. The quantitative estimate of drug-likeness (QED) is 0.691. The summed E-state index contributed by atoms with van der Waals surface area (Å²) >= 11 is 0. The van der Waals surface area contributed by atoms with Crippen LogP contribution in [-0.2, 0) is 27.8 Å². The number of hydrogen-bond donors (Lipinski definition) is 1. The van der Waals surface area contributed by atoms with Crippen molar-refractivity contribution in [1.29, 1.82) is 0 Å². The van der Waals surface area contributed by atoms with Gasteiger partial charge in [-0.15, -0.1) is 0 Å². The highest BCUT2D eigenvalue weighted by Crippen LogP contribution is 2.30. The van der Waals surface area contributed by atoms with E-state index < -0.39 is 27.8 Å². The summed E-state index contributed by atoms with van der Waals surface area (Å²) in [6.45, 7) is 1.94. The van der Waals surface area contributed by atoms with E-state index in [2.05, 4.69) is 5.32 Å². The summed E-state index contributed by atoms with van der Waals surface area (Å²) in [5.74, 6) is -1.14. The number of nitrogens with one attached hydrogen (secondary N) is 1. The van der Waals surface area contributed by atoms with Gasteiger partial charge in [-0.1, -0.05) is 54.1 Å². The first kappa shape index (κ1) is 20.3. The molecule has 0 saturated carbocycles. The van der Waals surface area contributed by atoms with Gasteiger partial charge in [0.2, 0.25) is 15.9 Å². The number of para-hydroxylation sites is 1. The number of carbonyl (C=O) groups excluding carboxylic acids is 1. The number of benzene rings is 3. The summed E-state index contributed by atoms with van der Waals surface area (Å²) < 4.78 is 42.1. The maximum absolute atomic E-state index is 14.0. The molecule has 3 aromatic rings. The standard InChI is InChI=1S/C23H21FN2O3S/c1-16-10-12-19(13-11-16)30(28,29)26-15-18-7-3-2-6-17(18)14-22(26)23(27)25-21-9-5-4-8-20(21)24/h2-13,22H,14-15H2,1H3,(H,25,27)/t22-/m1/s1. The zero-order valence-corrected chi connectivity index (χ0v) is 17.2. The number of amides is 1. The Morgan fingerprint density at radius 2 is 1.60 bits per heavy atom. The molecule has 0 saturated heterocycles. The number of carbonyl (C=O) groups is 1. The van der Waals surface area contributed by atoms with Crippen LogP contribution in [0.1, 0.15) is 16.7 Å². The van der Waals surface area contributed by atoms with Crippen LogP contribution in [0.25, 0.3) is 0 Å². The average molecular weight is 424 g/mol. The van der Waals surface area contributed by atoms with Gasteiger partial charge >= 0.3 is 0 Å². The van der Waals surface area contributed by atoms with Gasteiger partial charge < -0.3 is 5.32 Å². The van der Waals surface area contributed by atoms with Crippen LogP contribution >= 0.6 is 0 Å². The summed E-state index contributed by atoms with van der Waals surface area (Å²) in [4.78, 5) is 13.2. The minimum Gasteiger partial charge on any atom is -0.322 e. The van der Waals surface area contributed by atoms with Crippen LogP contribution in [0.5, 0.6) is 0 Å². The van der Waals surface area contributed by atoms with E-state index in [4.69, 9.17) is 0 Å². The lowest BCUT2D eigenvalue weighted by Crippen LogP contribution is -2.50. The second kappa shape index (κ2) is 8.01. The van der Waals surface area contributed by atoms with Crippen LogP contribution in [0.2, 0.25) is 0 Å². The van der Waals surface area contributed by atoms with E-state index in [0.29, 0.717) is 0 Å². The van der Waals surface area contributed by atoms with Crippen LogP contribution in [0.15, 0.2) is 77.7 Å². The maximum Gasteiger partial charge on any atom is 0.244 e. The number of anilines is 1. The Bertz CT molecular complexity index is 1190. The van der Waals surface area contributed by atoms with E-state index in [1.165, 1.54) is 34.6 Å². The van der Waals surface area contributed by atoms with Gasteiger partial charge in [-0.05, 0) is 48.7 Å². The van der Waals surface area contributed by atoms with Crippen molar-refractivity contribution >= 4 is 21.6 Å². The third kappa shape index (κ3) is 3.86. The van der Waals surface area contributed by atoms with Crippen LogP contribution in [0, 0.1) is 12.7 Å². The highest BCUT2D eigenvalue weighted by molar-refractivity contribution is 7.89. The van der Waals surface area contributed by atoms with E-state index in [0.717, 1.165) is 16.7 Å². The van der Waals surface area contributed by atoms with Crippen molar-refractivity contribution in [2.24, 2.45) is 0 Å². The molecule has 0 fully saturated rings. The van der Waals surface area contributed by atoms with Crippen LogP contribution in [-0.4, -0.2) is 24.7 Å². The molecule has 4 rings (SSSR count).